The second kappa shape index (κ2) is 8.67. The Hall–Kier alpha value is -2.88. The smallest absolute Gasteiger partial charge is 0.246 e. The Morgan fingerprint density at radius 1 is 1.04 bits per heavy atom. The van der Waals surface area contributed by atoms with E-state index in [0.717, 1.165) is 16.8 Å². The minimum Gasteiger partial charge on any atom is -0.339 e. The van der Waals surface area contributed by atoms with E-state index in [2.05, 4.69) is 18.3 Å². The molecule has 1 fully saturated rings. The van der Waals surface area contributed by atoms with E-state index in [1.807, 2.05) is 60.4 Å². The van der Waals surface area contributed by atoms with Crippen LogP contribution in [0.25, 0.3) is 6.08 Å². The number of aryl methyl sites for hydroxylation is 2. The molecule has 1 aliphatic rings. The van der Waals surface area contributed by atoms with Crippen LogP contribution in [-0.2, 0) is 9.59 Å². The zero-order valence-electron chi connectivity index (χ0n) is 15.9. The quantitative estimate of drug-likeness (QED) is 0.829. The van der Waals surface area contributed by atoms with Crippen LogP contribution in [0.1, 0.15) is 29.5 Å². The number of likely N-dealkylation sites (tertiary alicyclic amines) is 1. The molecule has 27 heavy (non-hydrogen) atoms. The average Bonchev–Trinajstić information content (AvgIpc) is 2.68. The number of carbonyl (C=O) groups is 2. The Morgan fingerprint density at radius 2 is 1.74 bits per heavy atom. The lowest BCUT2D eigenvalue weighted by molar-refractivity contribution is -0.130. The highest BCUT2D eigenvalue weighted by molar-refractivity contribution is 5.94. The summed E-state index contributed by atoms with van der Waals surface area (Å²) in [6.45, 7) is 5.34. The molecule has 1 heterocycles. The van der Waals surface area contributed by atoms with Gasteiger partial charge in [0, 0.05) is 30.8 Å². The topological polar surface area (TPSA) is 49.4 Å². The summed E-state index contributed by atoms with van der Waals surface area (Å²) in [6.07, 6.45) is 4.91. The van der Waals surface area contributed by atoms with Crippen LogP contribution in [0.2, 0.25) is 0 Å². The fraction of sp³-hybridized carbons (Fsp3) is 0.304. The number of hydrogen-bond donors (Lipinski definition) is 1. The largest absolute Gasteiger partial charge is 0.339 e. The third kappa shape index (κ3) is 5.07. The molecule has 1 saturated heterocycles. The van der Waals surface area contributed by atoms with Crippen molar-refractivity contribution in [3.8, 4) is 0 Å². The number of benzene rings is 2. The third-order valence-corrected chi connectivity index (χ3v) is 5.05. The molecule has 0 atom stereocenters. The van der Waals surface area contributed by atoms with E-state index in [9.17, 15) is 9.59 Å². The van der Waals surface area contributed by atoms with Gasteiger partial charge in [0.25, 0.3) is 0 Å². The van der Waals surface area contributed by atoms with Crippen LogP contribution >= 0.6 is 0 Å². The third-order valence-electron chi connectivity index (χ3n) is 5.05. The van der Waals surface area contributed by atoms with Crippen molar-refractivity contribution in [3.63, 3.8) is 0 Å². The van der Waals surface area contributed by atoms with Gasteiger partial charge in [-0.05, 0) is 56.0 Å². The van der Waals surface area contributed by atoms with Crippen LogP contribution in [0.5, 0.6) is 0 Å². The van der Waals surface area contributed by atoms with E-state index in [1.165, 1.54) is 5.56 Å². The predicted molar refractivity (Wildman–Crippen MR) is 109 cm³/mol. The Balaban J connectivity index is 1.51. The predicted octanol–water partition coefficient (Wildman–Crippen LogP) is 4.19. The van der Waals surface area contributed by atoms with E-state index in [0.29, 0.717) is 25.9 Å². The Labute approximate surface area is 160 Å². The first-order chi connectivity index (χ1) is 13.0. The zero-order chi connectivity index (χ0) is 19.2. The number of piperidine rings is 1. The maximum absolute atomic E-state index is 12.5. The molecule has 2 aromatic carbocycles. The molecular weight excluding hydrogens is 336 g/mol. The van der Waals surface area contributed by atoms with Crippen LogP contribution in [0.15, 0.2) is 54.6 Å². The highest BCUT2D eigenvalue weighted by atomic mass is 16.2. The maximum atomic E-state index is 12.5. The Kier molecular flexibility index (Phi) is 6.07. The lowest BCUT2D eigenvalue weighted by Crippen LogP contribution is -2.40. The summed E-state index contributed by atoms with van der Waals surface area (Å²) >= 11 is 0. The number of rotatable bonds is 4. The molecule has 140 valence electrons. The molecule has 4 nitrogen and oxygen atoms in total. The molecule has 0 aromatic heterocycles. The van der Waals surface area contributed by atoms with Crippen molar-refractivity contribution in [1.29, 1.82) is 0 Å². The number of para-hydroxylation sites is 1. The fourth-order valence-electron chi connectivity index (χ4n) is 3.41. The molecule has 0 unspecified atom stereocenters. The molecule has 0 aliphatic carbocycles. The molecule has 3 rings (SSSR count). The molecule has 1 aliphatic heterocycles. The lowest BCUT2D eigenvalue weighted by atomic mass is 9.95. The van der Waals surface area contributed by atoms with Crippen LogP contribution in [0.4, 0.5) is 5.69 Å². The summed E-state index contributed by atoms with van der Waals surface area (Å²) in [7, 11) is 0. The highest BCUT2D eigenvalue weighted by Gasteiger charge is 2.26. The van der Waals surface area contributed by atoms with Gasteiger partial charge < -0.3 is 10.2 Å². The molecule has 2 aromatic rings. The molecule has 4 heteroatoms. The Bertz CT molecular complexity index is 835. The molecule has 0 bridgehead atoms. The lowest BCUT2D eigenvalue weighted by Gasteiger charge is -2.30. The molecule has 0 spiro atoms. The first kappa shape index (κ1) is 18.9. The van der Waals surface area contributed by atoms with Gasteiger partial charge in [0.15, 0.2) is 0 Å². The standard InChI is InChI=1S/C23H26N2O2/c1-17-8-9-19(18(2)16-17)10-11-22(26)25-14-12-20(13-15-25)23(27)24-21-6-4-3-5-7-21/h3-11,16,20H,12-15H2,1-2H3,(H,24,27)/b11-10+. The first-order valence-corrected chi connectivity index (χ1v) is 9.43. The molecule has 0 saturated carbocycles. The van der Waals surface area contributed by atoms with E-state index in [4.69, 9.17) is 0 Å². The second-order valence-corrected chi connectivity index (χ2v) is 7.15. The number of nitrogens with one attached hydrogen (secondary N) is 1. The number of nitrogens with zero attached hydrogens (tertiary/aromatic N) is 1. The second-order valence-electron chi connectivity index (χ2n) is 7.15. The first-order valence-electron chi connectivity index (χ1n) is 9.43. The SMILES string of the molecule is Cc1ccc(/C=C/C(=O)N2CCC(C(=O)Nc3ccccc3)CC2)c(C)c1. The summed E-state index contributed by atoms with van der Waals surface area (Å²) in [5.41, 5.74) is 4.26. The summed E-state index contributed by atoms with van der Waals surface area (Å²) in [5.74, 6) is 0.00796. The van der Waals surface area contributed by atoms with E-state index in [1.54, 1.807) is 6.08 Å². The minimum absolute atomic E-state index is 0.0110. The zero-order valence-corrected chi connectivity index (χ0v) is 15.9. The van der Waals surface area contributed by atoms with Gasteiger partial charge in [-0.2, -0.15) is 0 Å². The van der Waals surface area contributed by atoms with Crippen molar-refractivity contribution in [1.82, 2.24) is 4.90 Å². The highest BCUT2D eigenvalue weighted by Crippen LogP contribution is 2.20. The van der Waals surface area contributed by atoms with Crippen molar-refractivity contribution in [3.05, 3.63) is 71.3 Å². The number of hydrogen-bond acceptors (Lipinski definition) is 2. The van der Waals surface area contributed by atoms with Gasteiger partial charge in [-0.1, -0.05) is 42.0 Å². The van der Waals surface area contributed by atoms with Crippen molar-refractivity contribution >= 4 is 23.6 Å². The van der Waals surface area contributed by atoms with E-state index < -0.39 is 0 Å². The summed E-state index contributed by atoms with van der Waals surface area (Å²) in [5, 5.41) is 2.96. The van der Waals surface area contributed by atoms with Crippen molar-refractivity contribution < 1.29 is 9.59 Å². The molecule has 1 N–H and O–H groups in total. The van der Waals surface area contributed by atoms with E-state index in [-0.39, 0.29) is 17.7 Å². The molecule has 0 radical (unpaired) electrons. The maximum Gasteiger partial charge on any atom is 0.246 e. The van der Waals surface area contributed by atoms with Crippen LogP contribution in [0.3, 0.4) is 0 Å². The summed E-state index contributed by atoms with van der Waals surface area (Å²) < 4.78 is 0. The van der Waals surface area contributed by atoms with Gasteiger partial charge in [0.05, 0.1) is 0 Å². The van der Waals surface area contributed by atoms with E-state index >= 15 is 0 Å². The monoisotopic (exact) mass is 362 g/mol. The average molecular weight is 362 g/mol. The summed E-state index contributed by atoms with van der Waals surface area (Å²) in [4.78, 5) is 26.7. The molecule has 2 amide bonds. The summed E-state index contributed by atoms with van der Waals surface area (Å²) in [6, 6.07) is 15.7. The Morgan fingerprint density at radius 3 is 2.41 bits per heavy atom. The number of amides is 2. The van der Waals surface area contributed by atoms with Gasteiger partial charge in [0.2, 0.25) is 11.8 Å². The van der Waals surface area contributed by atoms with Crippen LogP contribution in [-0.4, -0.2) is 29.8 Å². The van der Waals surface area contributed by atoms with Gasteiger partial charge in [0.1, 0.15) is 0 Å². The van der Waals surface area contributed by atoms with Crippen LogP contribution in [0, 0.1) is 19.8 Å². The van der Waals surface area contributed by atoms with Gasteiger partial charge in [-0.15, -0.1) is 0 Å². The fourth-order valence-corrected chi connectivity index (χ4v) is 3.41. The minimum atomic E-state index is -0.0439. The van der Waals surface area contributed by atoms with Crippen molar-refractivity contribution in [2.75, 3.05) is 18.4 Å². The van der Waals surface area contributed by atoms with Gasteiger partial charge in [-0.3, -0.25) is 9.59 Å². The van der Waals surface area contributed by atoms with Gasteiger partial charge in [-0.25, -0.2) is 0 Å². The van der Waals surface area contributed by atoms with Crippen molar-refractivity contribution in [2.24, 2.45) is 5.92 Å². The normalized spacial score (nSPS) is 15.1. The number of anilines is 1. The van der Waals surface area contributed by atoms with Crippen molar-refractivity contribution in [2.45, 2.75) is 26.7 Å². The van der Waals surface area contributed by atoms with Gasteiger partial charge >= 0.3 is 0 Å². The molecular formula is C23H26N2O2. The number of carbonyl (C=O) groups excluding carboxylic acids is 2. The van der Waals surface area contributed by atoms with Crippen LogP contribution < -0.4 is 5.32 Å².